The Hall–Kier alpha value is -1.74. The van der Waals surface area contributed by atoms with Gasteiger partial charge in [0, 0.05) is 32.7 Å². The number of sulfonamides is 1. The number of likely N-dealkylation sites (N-methyl/N-ethyl adjacent to an activating group) is 1. The lowest BCUT2D eigenvalue weighted by Crippen LogP contribution is -2.40. The summed E-state index contributed by atoms with van der Waals surface area (Å²) < 4.78 is 52.2. The number of aliphatic imine (C=N–C) groups is 1. The van der Waals surface area contributed by atoms with Gasteiger partial charge >= 0.3 is 0 Å². The third-order valence-electron chi connectivity index (χ3n) is 2.94. The molecule has 9 heteroatoms. The smallest absolute Gasteiger partial charge is 0.243 e. The van der Waals surface area contributed by atoms with Crippen molar-refractivity contribution in [3.05, 3.63) is 29.8 Å². The van der Waals surface area contributed by atoms with E-state index in [9.17, 15) is 17.2 Å². The summed E-state index contributed by atoms with van der Waals surface area (Å²) in [5.41, 5.74) is 0. The second kappa shape index (κ2) is 6.35. The van der Waals surface area contributed by atoms with E-state index in [4.69, 9.17) is 0 Å². The summed E-state index contributed by atoms with van der Waals surface area (Å²) in [5.74, 6) is -1.24. The third kappa shape index (κ3) is 3.88. The summed E-state index contributed by atoms with van der Waals surface area (Å²) in [5, 5.41) is 2.97. The van der Waals surface area contributed by atoms with Gasteiger partial charge in [0.2, 0.25) is 10.0 Å². The summed E-state index contributed by atoms with van der Waals surface area (Å²) in [6, 6.07) is 2.34. The number of rotatable bonds is 5. The van der Waals surface area contributed by atoms with Crippen LogP contribution in [0.4, 0.5) is 8.78 Å². The largest absolute Gasteiger partial charge is 0.355 e. The number of nitrogens with one attached hydrogen (secondary N) is 2. The highest BCUT2D eigenvalue weighted by atomic mass is 32.2. The summed E-state index contributed by atoms with van der Waals surface area (Å²) in [6.07, 6.45) is 0. The molecule has 0 atom stereocenters. The number of hydrogen-bond acceptors (Lipinski definition) is 5. The van der Waals surface area contributed by atoms with Crippen LogP contribution in [0, 0.1) is 11.6 Å². The van der Waals surface area contributed by atoms with Crippen LogP contribution in [-0.4, -0.2) is 52.5 Å². The van der Waals surface area contributed by atoms with Crippen molar-refractivity contribution >= 4 is 16.0 Å². The molecule has 2 N–H and O–H groups in total. The number of hydrogen-bond donors (Lipinski definition) is 2. The summed E-state index contributed by atoms with van der Waals surface area (Å²) in [7, 11) is -2.13. The Kier molecular flexibility index (Phi) is 4.73. The van der Waals surface area contributed by atoms with Crippen LogP contribution in [0.5, 0.6) is 0 Å². The molecular formula is C12H16F2N4O2S. The maximum absolute atomic E-state index is 13.5. The van der Waals surface area contributed by atoms with E-state index in [-0.39, 0.29) is 6.54 Å². The lowest BCUT2D eigenvalue weighted by molar-refractivity contribution is 0.530. The first-order chi connectivity index (χ1) is 9.90. The molecule has 0 bridgehead atoms. The first-order valence-corrected chi connectivity index (χ1v) is 7.82. The minimum absolute atomic E-state index is 0.0615. The quantitative estimate of drug-likeness (QED) is 0.757. The highest BCUT2D eigenvalue weighted by Gasteiger charge is 2.19. The van der Waals surface area contributed by atoms with E-state index in [0.29, 0.717) is 25.1 Å². The molecule has 1 heterocycles. The highest BCUT2D eigenvalue weighted by molar-refractivity contribution is 7.89. The standard InChI is InChI=1S/C12H16F2N4O2S/c1-18-7-6-16-12(18)15-4-5-17-21(19,20)11-3-2-9(13)8-10(11)14/h2-3,8,17H,4-7H2,1H3,(H,15,16). The van der Waals surface area contributed by atoms with Gasteiger partial charge in [-0.1, -0.05) is 0 Å². The predicted octanol–water partition coefficient (Wildman–Crippen LogP) is 0.134. The van der Waals surface area contributed by atoms with Crippen LogP contribution in [0.1, 0.15) is 0 Å². The Labute approximate surface area is 121 Å². The Morgan fingerprint density at radius 2 is 2.10 bits per heavy atom. The molecule has 0 radical (unpaired) electrons. The number of nitrogens with zero attached hydrogens (tertiary/aromatic N) is 2. The normalized spacial score (nSPS) is 15.2. The molecule has 1 aromatic carbocycles. The first-order valence-electron chi connectivity index (χ1n) is 6.34. The minimum Gasteiger partial charge on any atom is -0.355 e. The lowest BCUT2D eigenvalue weighted by atomic mass is 10.3. The molecule has 2 rings (SSSR count). The fourth-order valence-corrected chi connectivity index (χ4v) is 2.94. The van der Waals surface area contributed by atoms with Gasteiger partial charge in [-0.2, -0.15) is 0 Å². The van der Waals surface area contributed by atoms with E-state index in [2.05, 4.69) is 15.0 Å². The molecule has 0 saturated carbocycles. The van der Waals surface area contributed by atoms with Crippen molar-refractivity contribution in [1.82, 2.24) is 14.9 Å². The molecule has 0 aromatic heterocycles. The SMILES string of the molecule is CN1CCN=C1NCCNS(=O)(=O)c1ccc(F)cc1F. The maximum atomic E-state index is 13.5. The van der Waals surface area contributed by atoms with E-state index in [1.807, 2.05) is 11.9 Å². The van der Waals surface area contributed by atoms with Crippen LogP contribution in [0.2, 0.25) is 0 Å². The van der Waals surface area contributed by atoms with Crippen molar-refractivity contribution < 1.29 is 17.2 Å². The second-order valence-corrected chi connectivity index (χ2v) is 6.26. The van der Waals surface area contributed by atoms with Gasteiger partial charge in [0.05, 0.1) is 6.54 Å². The summed E-state index contributed by atoms with van der Waals surface area (Å²) in [4.78, 5) is 5.53. The molecule has 0 aliphatic carbocycles. The van der Waals surface area contributed by atoms with Gasteiger partial charge < -0.3 is 10.2 Å². The van der Waals surface area contributed by atoms with Crippen molar-refractivity contribution in [1.29, 1.82) is 0 Å². The van der Waals surface area contributed by atoms with Crippen LogP contribution in [0.25, 0.3) is 0 Å². The van der Waals surface area contributed by atoms with Crippen molar-refractivity contribution in [3.8, 4) is 0 Å². The van der Waals surface area contributed by atoms with E-state index in [1.165, 1.54) is 0 Å². The van der Waals surface area contributed by atoms with Gasteiger partial charge in [-0.25, -0.2) is 21.9 Å². The van der Waals surface area contributed by atoms with Gasteiger partial charge in [0.15, 0.2) is 5.96 Å². The third-order valence-corrected chi connectivity index (χ3v) is 4.44. The Morgan fingerprint density at radius 3 is 2.71 bits per heavy atom. The molecule has 1 aliphatic rings. The van der Waals surface area contributed by atoms with Crippen LogP contribution in [-0.2, 0) is 10.0 Å². The van der Waals surface area contributed by atoms with Crippen molar-refractivity contribution in [2.24, 2.45) is 4.99 Å². The van der Waals surface area contributed by atoms with Crippen molar-refractivity contribution in [2.75, 3.05) is 33.2 Å². The highest BCUT2D eigenvalue weighted by Crippen LogP contribution is 2.14. The average molecular weight is 318 g/mol. The van der Waals surface area contributed by atoms with E-state index in [0.717, 1.165) is 18.7 Å². The van der Waals surface area contributed by atoms with E-state index < -0.39 is 26.6 Å². The first kappa shape index (κ1) is 15.6. The topological polar surface area (TPSA) is 73.8 Å². The molecule has 116 valence electrons. The van der Waals surface area contributed by atoms with Gasteiger partial charge in [-0.05, 0) is 12.1 Å². The van der Waals surface area contributed by atoms with E-state index in [1.54, 1.807) is 0 Å². The van der Waals surface area contributed by atoms with Crippen LogP contribution < -0.4 is 10.0 Å². The second-order valence-electron chi connectivity index (χ2n) is 4.53. The van der Waals surface area contributed by atoms with Gasteiger partial charge in [0.25, 0.3) is 0 Å². The molecule has 1 aromatic rings. The number of benzene rings is 1. The Morgan fingerprint density at radius 1 is 1.33 bits per heavy atom. The maximum Gasteiger partial charge on any atom is 0.243 e. The fraction of sp³-hybridized carbons (Fsp3) is 0.417. The molecule has 0 unspecified atom stereocenters. The minimum atomic E-state index is -4.00. The summed E-state index contributed by atoms with van der Waals surface area (Å²) >= 11 is 0. The lowest BCUT2D eigenvalue weighted by Gasteiger charge is -2.15. The fourth-order valence-electron chi connectivity index (χ4n) is 1.85. The molecule has 0 saturated heterocycles. The average Bonchev–Trinajstić information content (AvgIpc) is 2.80. The molecule has 21 heavy (non-hydrogen) atoms. The zero-order valence-electron chi connectivity index (χ0n) is 11.4. The number of guanidine groups is 1. The molecule has 0 spiro atoms. The monoisotopic (exact) mass is 318 g/mol. The molecule has 6 nitrogen and oxygen atoms in total. The van der Waals surface area contributed by atoms with Crippen LogP contribution in [0.3, 0.4) is 0 Å². The Bertz CT molecular complexity index is 649. The van der Waals surface area contributed by atoms with Crippen LogP contribution in [0.15, 0.2) is 28.1 Å². The molecule has 0 fully saturated rings. The van der Waals surface area contributed by atoms with Crippen molar-refractivity contribution in [2.45, 2.75) is 4.90 Å². The van der Waals surface area contributed by atoms with Gasteiger partial charge in [0.1, 0.15) is 16.5 Å². The Balaban J connectivity index is 1.89. The zero-order chi connectivity index (χ0) is 15.5. The summed E-state index contributed by atoms with van der Waals surface area (Å²) in [6.45, 7) is 1.89. The molecule has 1 aliphatic heterocycles. The molecular weight excluding hydrogens is 302 g/mol. The van der Waals surface area contributed by atoms with Crippen molar-refractivity contribution in [3.63, 3.8) is 0 Å². The zero-order valence-corrected chi connectivity index (χ0v) is 12.3. The predicted molar refractivity (Wildman–Crippen MR) is 74.5 cm³/mol. The molecule has 0 amide bonds. The van der Waals surface area contributed by atoms with Gasteiger partial charge in [-0.3, -0.25) is 4.99 Å². The number of halogens is 2. The van der Waals surface area contributed by atoms with Gasteiger partial charge in [-0.15, -0.1) is 0 Å². The van der Waals surface area contributed by atoms with E-state index >= 15 is 0 Å². The van der Waals surface area contributed by atoms with Crippen LogP contribution >= 0.6 is 0 Å².